The van der Waals surface area contributed by atoms with Crippen LogP contribution in [0.25, 0.3) is 6.08 Å². The minimum atomic E-state index is -0.522. The molecule has 1 saturated heterocycles. The van der Waals surface area contributed by atoms with Gasteiger partial charge < -0.3 is 10.5 Å². The highest BCUT2D eigenvalue weighted by atomic mass is 32.2. The van der Waals surface area contributed by atoms with E-state index in [9.17, 15) is 9.59 Å². The number of hydrogen-bond donors (Lipinski definition) is 1. The first-order chi connectivity index (χ1) is 15.5. The second-order valence-corrected chi connectivity index (χ2v) is 9.18. The summed E-state index contributed by atoms with van der Waals surface area (Å²) in [5.41, 5.74) is 6.84. The van der Waals surface area contributed by atoms with Crippen LogP contribution in [-0.2, 0) is 9.59 Å². The summed E-state index contributed by atoms with van der Waals surface area (Å²) in [5.74, 6) is 0.486. The fourth-order valence-corrected chi connectivity index (χ4v) is 5.16. The first kappa shape index (κ1) is 22.1. The number of para-hydroxylation sites is 1. The molecule has 2 aliphatic rings. The van der Waals surface area contributed by atoms with E-state index in [1.807, 2.05) is 53.4 Å². The van der Waals surface area contributed by atoms with Crippen molar-refractivity contribution in [2.24, 2.45) is 16.6 Å². The lowest BCUT2D eigenvalue weighted by Gasteiger charge is -2.35. The smallest absolute Gasteiger partial charge is 0.267 e. The molecule has 4 rings (SSSR count). The SMILES string of the molecule is C[C@@H]1CCCC[C@H]1N1C(=O)/C(=C/c2ccc(OCC(N)=O)cc2)SC1=Nc1ccccc1. The number of carbonyl (C=O) groups is 2. The number of carbonyl (C=O) groups excluding carboxylic acids is 2. The van der Waals surface area contributed by atoms with E-state index in [4.69, 9.17) is 15.5 Å². The molecule has 0 bridgehead atoms. The van der Waals surface area contributed by atoms with E-state index in [0.29, 0.717) is 16.6 Å². The maximum Gasteiger partial charge on any atom is 0.267 e. The van der Waals surface area contributed by atoms with Gasteiger partial charge in [-0.3, -0.25) is 14.5 Å². The molecule has 2 atom stereocenters. The van der Waals surface area contributed by atoms with Crippen molar-refractivity contribution in [3.63, 3.8) is 0 Å². The lowest BCUT2D eigenvalue weighted by atomic mass is 9.85. The van der Waals surface area contributed by atoms with Crippen LogP contribution in [0.4, 0.5) is 5.69 Å². The van der Waals surface area contributed by atoms with E-state index in [2.05, 4.69) is 6.92 Å². The van der Waals surface area contributed by atoms with Gasteiger partial charge in [0.05, 0.1) is 10.6 Å². The Hall–Kier alpha value is -3.06. The predicted molar refractivity (Wildman–Crippen MR) is 129 cm³/mol. The van der Waals surface area contributed by atoms with Crippen molar-refractivity contribution < 1.29 is 14.3 Å². The number of primary amides is 1. The summed E-state index contributed by atoms with van der Waals surface area (Å²) in [4.78, 5) is 31.8. The molecule has 2 aromatic rings. The van der Waals surface area contributed by atoms with Crippen LogP contribution < -0.4 is 10.5 Å². The van der Waals surface area contributed by atoms with Gasteiger partial charge in [-0.1, -0.05) is 50.1 Å². The van der Waals surface area contributed by atoms with Gasteiger partial charge in [-0.2, -0.15) is 0 Å². The lowest BCUT2D eigenvalue weighted by molar-refractivity contribution is -0.125. The van der Waals surface area contributed by atoms with E-state index in [1.54, 1.807) is 12.1 Å². The molecule has 32 heavy (non-hydrogen) atoms. The average molecular weight is 450 g/mol. The van der Waals surface area contributed by atoms with Crippen LogP contribution in [-0.4, -0.2) is 34.5 Å². The zero-order valence-electron chi connectivity index (χ0n) is 18.1. The van der Waals surface area contributed by atoms with E-state index in [1.165, 1.54) is 18.2 Å². The van der Waals surface area contributed by atoms with Crippen LogP contribution in [0.15, 0.2) is 64.5 Å². The third kappa shape index (κ3) is 5.22. The van der Waals surface area contributed by atoms with Crippen LogP contribution in [0, 0.1) is 5.92 Å². The Balaban J connectivity index is 1.61. The first-order valence-corrected chi connectivity index (χ1v) is 11.7. The van der Waals surface area contributed by atoms with Gasteiger partial charge in [0.2, 0.25) is 0 Å². The van der Waals surface area contributed by atoms with Crippen molar-refractivity contribution in [3.05, 3.63) is 65.1 Å². The van der Waals surface area contributed by atoms with Gasteiger partial charge in [-0.05, 0) is 66.4 Å². The zero-order chi connectivity index (χ0) is 22.5. The summed E-state index contributed by atoms with van der Waals surface area (Å²) in [7, 11) is 0. The number of ether oxygens (including phenoxy) is 1. The van der Waals surface area contributed by atoms with Gasteiger partial charge in [0.1, 0.15) is 5.75 Å². The number of amides is 2. The van der Waals surface area contributed by atoms with Crippen molar-refractivity contribution in [3.8, 4) is 5.75 Å². The largest absolute Gasteiger partial charge is 0.484 e. The lowest BCUT2D eigenvalue weighted by Crippen LogP contribution is -2.44. The molecule has 166 valence electrons. The van der Waals surface area contributed by atoms with Crippen molar-refractivity contribution in [1.29, 1.82) is 0 Å². The molecule has 6 nitrogen and oxygen atoms in total. The number of amidine groups is 1. The fourth-order valence-electron chi connectivity index (χ4n) is 4.12. The third-order valence-corrected chi connectivity index (χ3v) is 6.76. The molecule has 2 amide bonds. The summed E-state index contributed by atoms with van der Waals surface area (Å²) in [6, 6.07) is 17.2. The molecule has 0 radical (unpaired) electrons. The summed E-state index contributed by atoms with van der Waals surface area (Å²) >= 11 is 1.43. The van der Waals surface area contributed by atoms with E-state index >= 15 is 0 Å². The van der Waals surface area contributed by atoms with E-state index < -0.39 is 5.91 Å². The quantitative estimate of drug-likeness (QED) is 0.646. The van der Waals surface area contributed by atoms with Crippen molar-refractivity contribution in [2.75, 3.05) is 6.61 Å². The highest BCUT2D eigenvalue weighted by Crippen LogP contribution is 2.40. The average Bonchev–Trinajstić information content (AvgIpc) is 3.08. The topological polar surface area (TPSA) is 85.0 Å². The van der Waals surface area contributed by atoms with Gasteiger partial charge in [0.15, 0.2) is 11.8 Å². The number of nitrogens with zero attached hydrogens (tertiary/aromatic N) is 2. The normalized spacial score (nSPS) is 23.7. The number of rotatable bonds is 6. The molecule has 2 N–H and O–H groups in total. The Kier molecular flexibility index (Phi) is 6.95. The Morgan fingerprint density at radius 2 is 1.88 bits per heavy atom. The molecule has 7 heteroatoms. The van der Waals surface area contributed by atoms with Gasteiger partial charge in [-0.15, -0.1) is 0 Å². The number of thioether (sulfide) groups is 1. The monoisotopic (exact) mass is 449 g/mol. The number of aliphatic imine (C=N–C) groups is 1. The van der Waals surface area contributed by atoms with Gasteiger partial charge in [0.25, 0.3) is 11.8 Å². The Morgan fingerprint density at radius 3 is 2.56 bits per heavy atom. The van der Waals surface area contributed by atoms with Crippen molar-refractivity contribution in [2.45, 2.75) is 38.6 Å². The summed E-state index contributed by atoms with van der Waals surface area (Å²) in [6.07, 6.45) is 6.36. The van der Waals surface area contributed by atoms with Crippen LogP contribution >= 0.6 is 11.8 Å². The molecular formula is C25H27N3O3S. The molecule has 2 aromatic carbocycles. The van der Waals surface area contributed by atoms with E-state index in [0.717, 1.165) is 35.7 Å². The van der Waals surface area contributed by atoms with Crippen LogP contribution in [0.5, 0.6) is 5.75 Å². The molecule has 1 heterocycles. The van der Waals surface area contributed by atoms with Crippen LogP contribution in [0.2, 0.25) is 0 Å². The molecule has 0 unspecified atom stereocenters. The highest BCUT2D eigenvalue weighted by Gasteiger charge is 2.41. The molecule has 1 saturated carbocycles. The zero-order valence-corrected chi connectivity index (χ0v) is 18.9. The summed E-state index contributed by atoms with van der Waals surface area (Å²) < 4.78 is 5.31. The minimum absolute atomic E-state index is 0.0116. The molecule has 1 aliphatic carbocycles. The van der Waals surface area contributed by atoms with Gasteiger partial charge in [0, 0.05) is 6.04 Å². The Morgan fingerprint density at radius 1 is 1.16 bits per heavy atom. The Labute approximate surface area is 192 Å². The maximum atomic E-state index is 13.5. The predicted octanol–water partition coefficient (Wildman–Crippen LogP) is 4.73. The number of benzene rings is 2. The minimum Gasteiger partial charge on any atom is -0.484 e. The number of nitrogens with two attached hydrogens (primary N) is 1. The molecule has 1 aliphatic heterocycles. The molecule has 0 spiro atoms. The van der Waals surface area contributed by atoms with Crippen LogP contribution in [0.1, 0.15) is 38.2 Å². The highest BCUT2D eigenvalue weighted by molar-refractivity contribution is 8.18. The summed E-state index contributed by atoms with van der Waals surface area (Å²) in [5, 5.41) is 0.743. The standard InChI is InChI=1S/C25H27N3O3S/c1-17-7-5-6-10-21(17)28-24(30)22(32-25(28)27-19-8-3-2-4-9-19)15-18-11-13-20(14-12-18)31-16-23(26)29/h2-4,8-9,11-15,17,21H,5-7,10,16H2,1H3,(H2,26,29)/b22-15-,27-25?/t17-,21-/m1/s1. The van der Waals surface area contributed by atoms with Crippen molar-refractivity contribution >= 4 is 40.5 Å². The molecule has 2 fully saturated rings. The fraction of sp³-hybridized carbons (Fsp3) is 0.320. The molecular weight excluding hydrogens is 422 g/mol. The molecule has 0 aromatic heterocycles. The first-order valence-electron chi connectivity index (χ1n) is 10.9. The van der Waals surface area contributed by atoms with E-state index in [-0.39, 0.29) is 18.6 Å². The summed E-state index contributed by atoms with van der Waals surface area (Å²) in [6.45, 7) is 2.07. The third-order valence-electron chi connectivity index (χ3n) is 5.77. The maximum absolute atomic E-state index is 13.5. The van der Waals surface area contributed by atoms with Gasteiger partial charge >= 0.3 is 0 Å². The van der Waals surface area contributed by atoms with Crippen molar-refractivity contribution in [1.82, 2.24) is 4.90 Å². The number of hydrogen-bond acceptors (Lipinski definition) is 5. The van der Waals surface area contributed by atoms with Gasteiger partial charge in [-0.25, -0.2) is 4.99 Å². The van der Waals surface area contributed by atoms with Crippen LogP contribution in [0.3, 0.4) is 0 Å². The second kappa shape index (κ2) is 10.0. The second-order valence-electron chi connectivity index (χ2n) is 8.17. The Bertz CT molecular complexity index is 1030.